The van der Waals surface area contributed by atoms with E-state index in [1.165, 1.54) is 0 Å². The molecule has 0 saturated carbocycles. The van der Waals surface area contributed by atoms with Crippen LogP contribution >= 0.6 is 0 Å². The summed E-state index contributed by atoms with van der Waals surface area (Å²) in [7, 11) is 0. The van der Waals surface area contributed by atoms with Gasteiger partial charge in [0.2, 0.25) is 5.90 Å². The molecule has 0 atom stereocenters. The van der Waals surface area contributed by atoms with Crippen LogP contribution in [0.1, 0.15) is 23.6 Å². The van der Waals surface area contributed by atoms with E-state index in [0.717, 1.165) is 22.3 Å². The second-order valence-corrected chi connectivity index (χ2v) is 5.93. The molecule has 0 radical (unpaired) electrons. The zero-order valence-electron chi connectivity index (χ0n) is 14.3. The lowest BCUT2D eigenvalue weighted by atomic mass is 10.1. The number of aliphatic imine (C=N–C) groups is 1. The van der Waals surface area contributed by atoms with Crippen LogP contribution in [0, 0.1) is 6.92 Å². The van der Waals surface area contributed by atoms with E-state index in [1.807, 2.05) is 62.4 Å². The van der Waals surface area contributed by atoms with E-state index in [1.54, 1.807) is 6.08 Å². The molecule has 4 nitrogen and oxygen atoms in total. The second kappa shape index (κ2) is 7.18. The van der Waals surface area contributed by atoms with Crippen LogP contribution in [-0.2, 0) is 9.53 Å². The molecule has 1 aliphatic heterocycles. The molecule has 0 fully saturated rings. The first-order valence-electron chi connectivity index (χ1n) is 7.99. The molecule has 2 aromatic rings. The molecule has 1 aliphatic rings. The predicted molar refractivity (Wildman–Crippen MR) is 98.5 cm³/mol. The second-order valence-electron chi connectivity index (χ2n) is 5.93. The van der Waals surface area contributed by atoms with Gasteiger partial charge in [0, 0.05) is 11.1 Å². The highest BCUT2D eigenvalue weighted by atomic mass is 16.6. The summed E-state index contributed by atoms with van der Waals surface area (Å²) in [5, 5.41) is 0. The SMILES string of the molecule is C=C(C)COc1ccccc1C=C1N=C(c2ccccc2C)OC1=O. The van der Waals surface area contributed by atoms with E-state index < -0.39 is 5.97 Å². The Kier molecular flexibility index (Phi) is 4.80. The van der Waals surface area contributed by atoms with E-state index in [4.69, 9.17) is 9.47 Å². The quantitative estimate of drug-likeness (QED) is 0.466. The van der Waals surface area contributed by atoms with Gasteiger partial charge in [0.15, 0.2) is 5.70 Å². The number of para-hydroxylation sites is 1. The number of aryl methyl sites for hydroxylation is 1. The monoisotopic (exact) mass is 333 g/mol. The molecule has 0 saturated heterocycles. The molecule has 0 aromatic heterocycles. The number of hydrogen-bond acceptors (Lipinski definition) is 4. The molecule has 0 aliphatic carbocycles. The Bertz CT molecular complexity index is 894. The van der Waals surface area contributed by atoms with Crippen LogP contribution in [0.5, 0.6) is 5.75 Å². The van der Waals surface area contributed by atoms with Gasteiger partial charge < -0.3 is 9.47 Å². The van der Waals surface area contributed by atoms with Crippen molar-refractivity contribution in [2.24, 2.45) is 4.99 Å². The smallest absolute Gasteiger partial charge is 0.363 e. The molecule has 2 aromatic carbocycles. The predicted octanol–water partition coefficient (Wildman–Crippen LogP) is 4.29. The normalized spacial score (nSPS) is 15.0. The molecule has 3 rings (SSSR count). The Morgan fingerprint density at radius 2 is 1.92 bits per heavy atom. The molecule has 0 unspecified atom stereocenters. The number of ether oxygens (including phenoxy) is 2. The maximum atomic E-state index is 12.2. The van der Waals surface area contributed by atoms with Crippen LogP contribution in [0.15, 0.2) is 71.4 Å². The summed E-state index contributed by atoms with van der Waals surface area (Å²) in [6.45, 7) is 8.10. The number of cyclic esters (lactones) is 1. The largest absolute Gasteiger partial charge is 0.489 e. The first kappa shape index (κ1) is 16.7. The van der Waals surface area contributed by atoms with Gasteiger partial charge in [0.1, 0.15) is 12.4 Å². The van der Waals surface area contributed by atoms with Crippen molar-refractivity contribution in [3.05, 3.63) is 83.1 Å². The Hall–Kier alpha value is -3.14. The van der Waals surface area contributed by atoms with Crippen molar-refractivity contribution in [2.75, 3.05) is 6.61 Å². The van der Waals surface area contributed by atoms with E-state index in [9.17, 15) is 4.79 Å². The minimum atomic E-state index is -0.465. The van der Waals surface area contributed by atoms with Gasteiger partial charge in [-0.05, 0) is 43.2 Å². The van der Waals surface area contributed by atoms with Gasteiger partial charge in [0.25, 0.3) is 0 Å². The minimum Gasteiger partial charge on any atom is -0.489 e. The van der Waals surface area contributed by atoms with Gasteiger partial charge in [-0.3, -0.25) is 0 Å². The van der Waals surface area contributed by atoms with Crippen LogP contribution in [0.3, 0.4) is 0 Å². The first-order chi connectivity index (χ1) is 12.0. The summed E-state index contributed by atoms with van der Waals surface area (Å²) in [5.74, 6) is 0.535. The maximum absolute atomic E-state index is 12.2. The van der Waals surface area contributed by atoms with Crippen molar-refractivity contribution >= 4 is 17.9 Å². The molecule has 0 bridgehead atoms. The average molecular weight is 333 g/mol. The molecule has 0 amide bonds. The summed E-state index contributed by atoms with van der Waals surface area (Å²) in [6, 6.07) is 15.1. The van der Waals surface area contributed by atoms with Crippen molar-refractivity contribution < 1.29 is 14.3 Å². The van der Waals surface area contributed by atoms with Crippen molar-refractivity contribution in [3.8, 4) is 5.75 Å². The highest BCUT2D eigenvalue weighted by Crippen LogP contribution is 2.25. The van der Waals surface area contributed by atoms with Gasteiger partial charge in [0.05, 0.1) is 0 Å². The fourth-order valence-electron chi connectivity index (χ4n) is 2.42. The highest BCUT2D eigenvalue weighted by molar-refractivity contribution is 6.13. The average Bonchev–Trinajstić information content (AvgIpc) is 2.95. The van der Waals surface area contributed by atoms with Crippen molar-refractivity contribution in [1.82, 2.24) is 0 Å². The first-order valence-corrected chi connectivity index (χ1v) is 7.99. The van der Waals surface area contributed by atoms with Crippen LogP contribution < -0.4 is 4.74 Å². The van der Waals surface area contributed by atoms with Gasteiger partial charge in [-0.2, -0.15) is 0 Å². The fourth-order valence-corrected chi connectivity index (χ4v) is 2.42. The summed E-state index contributed by atoms with van der Waals surface area (Å²) < 4.78 is 11.1. The fraction of sp³-hybridized carbons (Fsp3) is 0.143. The molecule has 0 N–H and O–H groups in total. The van der Waals surface area contributed by atoms with Crippen LogP contribution in [0.2, 0.25) is 0 Å². The molecule has 1 heterocycles. The van der Waals surface area contributed by atoms with Gasteiger partial charge in [-0.15, -0.1) is 0 Å². The number of benzene rings is 2. The minimum absolute atomic E-state index is 0.254. The molecular formula is C21H19NO3. The number of hydrogen-bond donors (Lipinski definition) is 0. The van der Waals surface area contributed by atoms with Crippen LogP contribution in [-0.4, -0.2) is 18.5 Å². The maximum Gasteiger partial charge on any atom is 0.363 e. The Morgan fingerprint density at radius 1 is 1.20 bits per heavy atom. The zero-order chi connectivity index (χ0) is 17.8. The third kappa shape index (κ3) is 3.86. The summed E-state index contributed by atoms with van der Waals surface area (Å²) in [6.07, 6.45) is 1.68. The lowest BCUT2D eigenvalue weighted by molar-refractivity contribution is -0.129. The number of carbonyl (C=O) groups excluding carboxylic acids is 1. The Balaban J connectivity index is 1.93. The standard InChI is InChI=1S/C21H19NO3/c1-14(2)13-24-19-11-7-5-9-16(19)12-18-21(23)25-20(22-18)17-10-6-4-8-15(17)3/h4-12H,1,13H2,2-3H3. The van der Waals surface area contributed by atoms with E-state index in [2.05, 4.69) is 11.6 Å². The lowest BCUT2D eigenvalue weighted by Gasteiger charge is -2.08. The van der Waals surface area contributed by atoms with Gasteiger partial charge in [-0.1, -0.05) is 43.0 Å². The Morgan fingerprint density at radius 3 is 2.68 bits per heavy atom. The zero-order valence-corrected chi connectivity index (χ0v) is 14.3. The third-order valence-corrected chi connectivity index (χ3v) is 3.68. The van der Waals surface area contributed by atoms with Crippen LogP contribution in [0.4, 0.5) is 0 Å². The Labute approximate surface area is 147 Å². The van der Waals surface area contributed by atoms with Crippen molar-refractivity contribution in [3.63, 3.8) is 0 Å². The number of nitrogens with zero attached hydrogens (tertiary/aromatic N) is 1. The van der Waals surface area contributed by atoms with E-state index in [0.29, 0.717) is 18.3 Å². The number of esters is 1. The third-order valence-electron chi connectivity index (χ3n) is 3.68. The molecule has 0 spiro atoms. The number of rotatable bonds is 5. The van der Waals surface area contributed by atoms with Crippen LogP contribution in [0.25, 0.3) is 6.08 Å². The van der Waals surface area contributed by atoms with Crippen molar-refractivity contribution in [1.29, 1.82) is 0 Å². The summed E-state index contributed by atoms with van der Waals surface area (Å²) >= 11 is 0. The van der Waals surface area contributed by atoms with E-state index >= 15 is 0 Å². The summed E-state index contributed by atoms with van der Waals surface area (Å²) in [4.78, 5) is 16.6. The lowest BCUT2D eigenvalue weighted by Crippen LogP contribution is -2.06. The number of carbonyl (C=O) groups is 1. The topological polar surface area (TPSA) is 47.9 Å². The van der Waals surface area contributed by atoms with Gasteiger partial charge in [-0.25, -0.2) is 9.79 Å². The molecule has 4 heteroatoms. The van der Waals surface area contributed by atoms with Crippen molar-refractivity contribution in [2.45, 2.75) is 13.8 Å². The highest BCUT2D eigenvalue weighted by Gasteiger charge is 2.25. The molecule has 126 valence electrons. The molecular weight excluding hydrogens is 314 g/mol. The summed E-state index contributed by atoms with van der Waals surface area (Å²) in [5.41, 5.74) is 3.75. The van der Waals surface area contributed by atoms with E-state index in [-0.39, 0.29) is 5.70 Å². The molecule has 25 heavy (non-hydrogen) atoms. The van der Waals surface area contributed by atoms with Gasteiger partial charge >= 0.3 is 5.97 Å².